The van der Waals surface area contributed by atoms with Crippen molar-refractivity contribution in [2.75, 3.05) is 13.1 Å². The second-order valence-electron chi connectivity index (χ2n) is 3.67. The summed E-state index contributed by atoms with van der Waals surface area (Å²) < 4.78 is 0. The van der Waals surface area contributed by atoms with Crippen molar-refractivity contribution in [2.45, 2.75) is 19.3 Å². The first-order valence-corrected chi connectivity index (χ1v) is 4.88. The Balaban J connectivity index is 2.50. The lowest BCUT2D eigenvalue weighted by molar-refractivity contribution is -0.125. The summed E-state index contributed by atoms with van der Waals surface area (Å²) in [6.07, 6.45) is 4.81. The van der Waals surface area contributed by atoms with Gasteiger partial charge >= 0.3 is 0 Å². The standard InChI is InChI=1S/C10H12N2O3/c13-6-11-4-8-1-2-10(15)9(3-8)5-12-7-14/h8-9H,1-5H2. The molecule has 0 aromatic carbocycles. The van der Waals surface area contributed by atoms with E-state index in [1.807, 2.05) is 0 Å². The maximum Gasteiger partial charge on any atom is 0.234 e. The molecule has 1 saturated carbocycles. The van der Waals surface area contributed by atoms with Gasteiger partial charge in [0.25, 0.3) is 0 Å². The molecule has 1 rings (SSSR count). The Hall–Kier alpha value is -1.57. The van der Waals surface area contributed by atoms with E-state index in [1.54, 1.807) is 0 Å². The molecule has 2 unspecified atom stereocenters. The third-order valence-corrected chi connectivity index (χ3v) is 2.66. The second kappa shape index (κ2) is 6.02. The Labute approximate surface area is 87.3 Å². The molecule has 0 saturated heterocycles. The molecule has 1 fully saturated rings. The molecule has 2 atom stereocenters. The molecule has 0 radical (unpaired) electrons. The van der Waals surface area contributed by atoms with Gasteiger partial charge in [0.05, 0.1) is 13.1 Å². The van der Waals surface area contributed by atoms with E-state index in [2.05, 4.69) is 9.98 Å². The zero-order chi connectivity index (χ0) is 11.1. The maximum atomic E-state index is 11.4. The molecular formula is C10H12N2O3. The highest BCUT2D eigenvalue weighted by Gasteiger charge is 2.28. The number of carbonyl (C=O) groups is 1. The van der Waals surface area contributed by atoms with Crippen molar-refractivity contribution in [2.24, 2.45) is 21.8 Å². The van der Waals surface area contributed by atoms with Crippen molar-refractivity contribution in [1.29, 1.82) is 0 Å². The minimum atomic E-state index is -0.202. The Morgan fingerprint density at radius 2 is 1.87 bits per heavy atom. The number of hydrogen-bond donors (Lipinski definition) is 0. The first kappa shape index (κ1) is 11.5. The smallest absolute Gasteiger partial charge is 0.234 e. The van der Waals surface area contributed by atoms with E-state index >= 15 is 0 Å². The number of aliphatic imine (C=N–C) groups is 2. The fourth-order valence-electron chi connectivity index (χ4n) is 1.86. The third kappa shape index (κ3) is 3.58. The van der Waals surface area contributed by atoms with Crippen LogP contribution in [0.15, 0.2) is 9.98 Å². The van der Waals surface area contributed by atoms with E-state index in [0.29, 0.717) is 19.4 Å². The molecule has 5 heteroatoms. The van der Waals surface area contributed by atoms with E-state index in [1.165, 1.54) is 12.2 Å². The number of carbonyl (C=O) groups excluding carboxylic acids is 3. The normalized spacial score (nSPS) is 25.2. The van der Waals surface area contributed by atoms with E-state index in [9.17, 15) is 14.4 Å². The first-order chi connectivity index (χ1) is 7.27. The lowest BCUT2D eigenvalue weighted by Crippen LogP contribution is -2.28. The Morgan fingerprint density at radius 3 is 2.53 bits per heavy atom. The maximum absolute atomic E-state index is 11.4. The minimum absolute atomic E-state index is 0.139. The van der Waals surface area contributed by atoms with Crippen LogP contribution in [0.4, 0.5) is 0 Å². The zero-order valence-corrected chi connectivity index (χ0v) is 8.31. The van der Waals surface area contributed by atoms with Crippen molar-refractivity contribution in [1.82, 2.24) is 0 Å². The van der Waals surface area contributed by atoms with Crippen LogP contribution in [0.5, 0.6) is 0 Å². The highest BCUT2D eigenvalue weighted by atomic mass is 16.1. The zero-order valence-electron chi connectivity index (χ0n) is 8.31. The molecule has 0 aliphatic heterocycles. The monoisotopic (exact) mass is 208 g/mol. The van der Waals surface area contributed by atoms with E-state index < -0.39 is 0 Å². The fourth-order valence-corrected chi connectivity index (χ4v) is 1.86. The lowest BCUT2D eigenvalue weighted by atomic mass is 9.80. The van der Waals surface area contributed by atoms with Crippen LogP contribution in [-0.2, 0) is 14.4 Å². The van der Waals surface area contributed by atoms with Gasteiger partial charge in [-0.2, -0.15) is 0 Å². The molecule has 0 aromatic heterocycles. The number of nitrogens with zero attached hydrogens (tertiary/aromatic N) is 2. The van der Waals surface area contributed by atoms with Crippen LogP contribution in [0, 0.1) is 11.8 Å². The fraction of sp³-hybridized carbons (Fsp3) is 0.700. The molecule has 0 amide bonds. The highest BCUT2D eigenvalue weighted by molar-refractivity contribution is 5.82. The summed E-state index contributed by atoms with van der Waals surface area (Å²) in [5.74, 6) is 0.170. The SMILES string of the molecule is O=C=NCC1CCC(=O)C(CN=C=O)C1. The van der Waals surface area contributed by atoms with Crippen LogP contribution in [0.2, 0.25) is 0 Å². The molecule has 80 valence electrons. The summed E-state index contributed by atoms with van der Waals surface area (Å²) in [4.78, 5) is 38.2. The van der Waals surface area contributed by atoms with Gasteiger partial charge in [-0.15, -0.1) is 0 Å². The van der Waals surface area contributed by atoms with Gasteiger partial charge in [-0.1, -0.05) is 0 Å². The molecule has 1 aliphatic carbocycles. The molecule has 15 heavy (non-hydrogen) atoms. The summed E-state index contributed by atoms with van der Waals surface area (Å²) in [5.41, 5.74) is 0. The van der Waals surface area contributed by atoms with Gasteiger partial charge in [-0.05, 0) is 18.8 Å². The van der Waals surface area contributed by atoms with Crippen molar-refractivity contribution >= 4 is 17.9 Å². The summed E-state index contributed by atoms with van der Waals surface area (Å²) in [6, 6.07) is 0. The largest absolute Gasteiger partial charge is 0.299 e. The van der Waals surface area contributed by atoms with Gasteiger partial charge < -0.3 is 0 Å². The van der Waals surface area contributed by atoms with Crippen molar-refractivity contribution in [3.8, 4) is 0 Å². The van der Waals surface area contributed by atoms with Crippen molar-refractivity contribution < 1.29 is 14.4 Å². The molecule has 5 nitrogen and oxygen atoms in total. The second-order valence-corrected chi connectivity index (χ2v) is 3.67. The van der Waals surface area contributed by atoms with Crippen molar-refractivity contribution in [3.63, 3.8) is 0 Å². The average Bonchev–Trinajstić information content (AvgIpc) is 2.26. The molecule has 1 aliphatic rings. The summed E-state index contributed by atoms with van der Waals surface area (Å²) in [7, 11) is 0. The number of rotatable bonds is 4. The van der Waals surface area contributed by atoms with E-state index in [-0.39, 0.29) is 24.2 Å². The first-order valence-electron chi connectivity index (χ1n) is 4.88. The number of hydrogen-bond acceptors (Lipinski definition) is 5. The Morgan fingerprint density at radius 1 is 1.20 bits per heavy atom. The van der Waals surface area contributed by atoms with Crippen LogP contribution in [-0.4, -0.2) is 31.0 Å². The number of ketones is 1. The van der Waals surface area contributed by atoms with Crippen LogP contribution in [0.3, 0.4) is 0 Å². The van der Waals surface area contributed by atoms with E-state index in [0.717, 1.165) is 6.42 Å². The Bertz CT molecular complexity index is 328. The van der Waals surface area contributed by atoms with Gasteiger partial charge in [0, 0.05) is 12.3 Å². The quantitative estimate of drug-likeness (QED) is 0.502. The van der Waals surface area contributed by atoms with Crippen molar-refractivity contribution in [3.05, 3.63) is 0 Å². The topological polar surface area (TPSA) is 75.9 Å². The predicted molar refractivity (Wildman–Crippen MR) is 51.8 cm³/mol. The molecule has 0 heterocycles. The molecule has 0 spiro atoms. The highest BCUT2D eigenvalue weighted by Crippen LogP contribution is 2.26. The molecule has 0 aromatic rings. The van der Waals surface area contributed by atoms with Gasteiger partial charge in [-0.3, -0.25) is 4.79 Å². The molecule has 0 bridgehead atoms. The summed E-state index contributed by atoms with van der Waals surface area (Å²) >= 11 is 0. The van der Waals surface area contributed by atoms with Gasteiger partial charge in [0.1, 0.15) is 5.78 Å². The summed E-state index contributed by atoms with van der Waals surface area (Å²) in [5, 5.41) is 0. The minimum Gasteiger partial charge on any atom is -0.299 e. The molecule has 0 N–H and O–H groups in total. The summed E-state index contributed by atoms with van der Waals surface area (Å²) in [6.45, 7) is 0.627. The van der Waals surface area contributed by atoms with Crippen LogP contribution < -0.4 is 0 Å². The van der Waals surface area contributed by atoms with Crippen LogP contribution in [0.25, 0.3) is 0 Å². The van der Waals surface area contributed by atoms with Crippen LogP contribution in [0.1, 0.15) is 19.3 Å². The lowest BCUT2D eigenvalue weighted by Gasteiger charge is -2.25. The Kier molecular flexibility index (Phi) is 4.61. The third-order valence-electron chi connectivity index (χ3n) is 2.66. The van der Waals surface area contributed by atoms with Crippen LogP contribution >= 0.6 is 0 Å². The average molecular weight is 208 g/mol. The number of Topliss-reactive ketones (excluding diaryl/α,β-unsaturated/α-hetero) is 1. The predicted octanol–water partition coefficient (Wildman–Crippen LogP) is 0.643. The van der Waals surface area contributed by atoms with E-state index in [4.69, 9.17) is 0 Å². The molecular weight excluding hydrogens is 196 g/mol. The van der Waals surface area contributed by atoms with Gasteiger partial charge in [-0.25, -0.2) is 19.6 Å². The number of isocyanates is 2. The van der Waals surface area contributed by atoms with Gasteiger partial charge in [0.15, 0.2) is 0 Å². The van der Waals surface area contributed by atoms with Gasteiger partial charge in [0.2, 0.25) is 12.2 Å².